The van der Waals surface area contributed by atoms with Gasteiger partial charge in [-0.3, -0.25) is 4.79 Å². The summed E-state index contributed by atoms with van der Waals surface area (Å²) >= 11 is 2.66. The van der Waals surface area contributed by atoms with Gasteiger partial charge in [0.25, 0.3) is 0 Å². The van der Waals surface area contributed by atoms with Crippen LogP contribution in [0.1, 0.15) is 36.7 Å². The predicted octanol–water partition coefficient (Wildman–Crippen LogP) is 3.51. The van der Waals surface area contributed by atoms with Gasteiger partial charge < -0.3 is 10.4 Å². The zero-order chi connectivity index (χ0) is 17.0. The van der Waals surface area contributed by atoms with Crippen molar-refractivity contribution in [2.24, 2.45) is 5.41 Å². The Labute approximate surface area is 142 Å². The van der Waals surface area contributed by atoms with Crippen molar-refractivity contribution < 1.29 is 14.7 Å². The molecule has 6 nitrogen and oxygen atoms in total. The van der Waals surface area contributed by atoms with Crippen LogP contribution in [-0.4, -0.2) is 27.2 Å². The number of carbonyl (C=O) groups excluding carboxylic acids is 1. The Morgan fingerprint density at radius 2 is 1.96 bits per heavy atom. The maximum Gasteiger partial charge on any atom is 0.335 e. The van der Waals surface area contributed by atoms with E-state index < -0.39 is 11.4 Å². The summed E-state index contributed by atoms with van der Waals surface area (Å²) in [6.45, 7) is 5.46. The molecule has 1 aromatic carbocycles. The molecule has 23 heavy (non-hydrogen) atoms. The van der Waals surface area contributed by atoms with Gasteiger partial charge in [0.1, 0.15) is 0 Å². The van der Waals surface area contributed by atoms with Gasteiger partial charge in [-0.15, -0.1) is 10.2 Å². The standard InChI is InChI=1S/C15H17N3O3S2/c1-15(2,3)12(21)16-13-17-18-14(23-13)22-8-9-6-4-5-7-10(9)11(19)20/h4-7H,8H2,1-3H3,(H,19,20)(H,16,17,21). The van der Waals surface area contributed by atoms with E-state index in [1.165, 1.54) is 23.1 Å². The van der Waals surface area contributed by atoms with Crippen molar-refractivity contribution in [2.75, 3.05) is 5.32 Å². The number of carboxylic acid groups (broad SMARTS) is 1. The monoisotopic (exact) mass is 351 g/mol. The molecule has 0 aliphatic carbocycles. The first-order valence-corrected chi connectivity index (χ1v) is 8.66. The molecule has 0 aliphatic heterocycles. The second-order valence-electron chi connectivity index (χ2n) is 5.83. The number of anilines is 1. The van der Waals surface area contributed by atoms with Crippen molar-refractivity contribution in [3.63, 3.8) is 0 Å². The number of benzene rings is 1. The average Bonchev–Trinajstić information content (AvgIpc) is 2.92. The van der Waals surface area contributed by atoms with E-state index in [4.69, 9.17) is 5.11 Å². The number of hydrogen-bond acceptors (Lipinski definition) is 6. The van der Waals surface area contributed by atoms with Gasteiger partial charge in [-0.05, 0) is 11.6 Å². The molecule has 2 N–H and O–H groups in total. The van der Waals surface area contributed by atoms with Crippen molar-refractivity contribution in [1.29, 1.82) is 0 Å². The Hall–Kier alpha value is -1.93. The van der Waals surface area contributed by atoms with E-state index in [0.29, 0.717) is 15.2 Å². The number of nitrogens with zero attached hydrogens (tertiary/aromatic N) is 2. The molecule has 0 atom stereocenters. The van der Waals surface area contributed by atoms with Crippen LogP contribution < -0.4 is 5.32 Å². The van der Waals surface area contributed by atoms with E-state index >= 15 is 0 Å². The van der Waals surface area contributed by atoms with Gasteiger partial charge >= 0.3 is 5.97 Å². The Balaban J connectivity index is 2.01. The molecular weight excluding hydrogens is 334 g/mol. The molecule has 1 heterocycles. The predicted molar refractivity (Wildman–Crippen MR) is 91.0 cm³/mol. The molecule has 0 saturated carbocycles. The molecule has 0 radical (unpaired) electrons. The normalized spacial score (nSPS) is 11.3. The van der Waals surface area contributed by atoms with E-state index in [1.54, 1.807) is 24.3 Å². The van der Waals surface area contributed by atoms with Crippen LogP contribution in [0, 0.1) is 5.41 Å². The molecule has 0 fully saturated rings. The third-order valence-corrected chi connectivity index (χ3v) is 4.93. The van der Waals surface area contributed by atoms with Crippen LogP contribution >= 0.6 is 23.1 Å². The maximum atomic E-state index is 11.9. The highest BCUT2D eigenvalue weighted by Crippen LogP contribution is 2.30. The average molecular weight is 351 g/mol. The highest BCUT2D eigenvalue weighted by Gasteiger charge is 2.22. The summed E-state index contributed by atoms with van der Waals surface area (Å²) in [6, 6.07) is 6.85. The zero-order valence-electron chi connectivity index (χ0n) is 13.0. The number of carbonyl (C=O) groups is 2. The van der Waals surface area contributed by atoms with Crippen LogP contribution in [0.3, 0.4) is 0 Å². The second kappa shape index (κ2) is 7.10. The third-order valence-electron chi connectivity index (χ3n) is 2.91. The number of carboxylic acids is 1. The van der Waals surface area contributed by atoms with E-state index in [1.807, 2.05) is 20.8 Å². The van der Waals surface area contributed by atoms with Crippen LogP contribution in [-0.2, 0) is 10.5 Å². The molecular formula is C15H17N3O3S2. The summed E-state index contributed by atoms with van der Waals surface area (Å²) in [5.41, 5.74) is 0.505. The Bertz CT molecular complexity index is 723. The van der Waals surface area contributed by atoms with E-state index in [2.05, 4.69) is 15.5 Å². The fourth-order valence-electron chi connectivity index (χ4n) is 1.60. The molecule has 122 valence electrons. The highest BCUT2D eigenvalue weighted by atomic mass is 32.2. The molecule has 0 bridgehead atoms. The van der Waals surface area contributed by atoms with Gasteiger partial charge in [0.2, 0.25) is 11.0 Å². The van der Waals surface area contributed by atoms with Crippen molar-refractivity contribution >= 4 is 40.1 Å². The largest absolute Gasteiger partial charge is 0.478 e. The Morgan fingerprint density at radius 1 is 1.26 bits per heavy atom. The van der Waals surface area contributed by atoms with E-state index in [-0.39, 0.29) is 11.5 Å². The summed E-state index contributed by atoms with van der Waals surface area (Å²) in [6.07, 6.45) is 0. The van der Waals surface area contributed by atoms with Gasteiger partial charge in [-0.25, -0.2) is 4.79 Å². The van der Waals surface area contributed by atoms with Crippen LogP contribution in [0.15, 0.2) is 28.6 Å². The molecule has 2 rings (SSSR count). The van der Waals surface area contributed by atoms with Gasteiger partial charge in [-0.2, -0.15) is 0 Å². The lowest BCUT2D eigenvalue weighted by atomic mass is 9.96. The summed E-state index contributed by atoms with van der Waals surface area (Å²) in [5.74, 6) is -0.595. The first-order valence-electron chi connectivity index (χ1n) is 6.86. The van der Waals surface area contributed by atoms with Crippen molar-refractivity contribution in [2.45, 2.75) is 30.9 Å². The summed E-state index contributed by atoms with van der Waals surface area (Å²) in [4.78, 5) is 23.1. The summed E-state index contributed by atoms with van der Waals surface area (Å²) in [7, 11) is 0. The van der Waals surface area contributed by atoms with Gasteiger partial charge in [0.05, 0.1) is 5.56 Å². The molecule has 0 saturated heterocycles. The van der Waals surface area contributed by atoms with Crippen molar-refractivity contribution in [1.82, 2.24) is 10.2 Å². The number of aromatic carboxylic acids is 1. The molecule has 0 unspecified atom stereocenters. The Morgan fingerprint density at radius 3 is 2.61 bits per heavy atom. The molecule has 2 aromatic rings. The summed E-state index contributed by atoms with van der Waals surface area (Å²) < 4.78 is 0.675. The van der Waals surface area contributed by atoms with Crippen LogP contribution in [0.25, 0.3) is 0 Å². The van der Waals surface area contributed by atoms with E-state index in [9.17, 15) is 9.59 Å². The fraction of sp³-hybridized carbons (Fsp3) is 0.333. The zero-order valence-corrected chi connectivity index (χ0v) is 14.6. The van der Waals surface area contributed by atoms with Crippen molar-refractivity contribution in [3.8, 4) is 0 Å². The van der Waals surface area contributed by atoms with Crippen molar-refractivity contribution in [3.05, 3.63) is 35.4 Å². The first kappa shape index (κ1) is 17.4. The minimum Gasteiger partial charge on any atom is -0.478 e. The number of rotatable bonds is 5. The lowest BCUT2D eigenvalue weighted by Gasteiger charge is -2.15. The summed E-state index contributed by atoms with van der Waals surface area (Å²) in [5, 5.41) is 20.3. The molecule has 8 heteroatoms. The third kappa shape index (κ3) is 4.77. The number of aromatic nitrogens is 2. The topological polar surface area (TPSA) is 92.2 Å². The number of nitrogens with one attached hydrogen (secondary N) is 1. The smallest absolute Gasteiger partial charge is 0.335 e. The minimum atomic E-state index is -0.948. The van der Waals surface area contributed by atoms with Crippen LogP contribution in [0.4, 0.5) is 5.13 Å². The van der Waals surface area contributed by atoms with Gasteiger partial charge in [0, 0.05) is 11.2 Å². The minimum absolute atomic E-state index is 0.124. The van der Waals surface area contributed by atoms with Gasteiger partial charge in [-0.1, -0.05) is 62.1 Å². The fourth-order valence-corrected chi connectivity index (χ4v) is 3.35. The SMILES string of the molecule is CC(C)(C)C(=O)Nc1nnc(SCc2ccccc2C(=O)O)s1. The van der Waals surface area contributed by atoms with E-state index in [0.717, 1.165) is 5.56 Å². The lowest BCUT2D eigenvalue weighted by molar-refractivity contribution is -0.123. The molecule has 0 aliphatic rings. The first-order chi connectivity index (χ1) is 10.8. The second-order valence-corrected chi connectivity index (χ2v) is 8.03. The molecule has 0 spiro atoms. The lowest BCUT2D eigenvalue weighted by Crippen LogP contribution is -2.27. The molecule has 1 aromatic heterocycles. The highest BCUT2D eigenvalue weighted by molar-refractivity contribution is 8.00. The number of amides is 1. The van der Waals surface area contributed by atoms with Crippen LogP contribution in [0.5, 0.6) is 0 Å². The Kier molecular flexibility index (Phi) is 5.38. The quantitative estimate of drug-likeness (QED) is 0.632. The number of hydrogen-bond donors (Lipinski definition) is 2. The maximum absolute atomic E-state index is 11.9. The van der Waals surface area contributed by atoms with Crippen LogP contribution in [0.2, 0.25) is 0 Å². The molecule has 1 amide bonds. The van der Waals surface area contributed by atoms with Gasteiger partial charge in [0.15, 0.2) is 4.34 Å². The number of thioether (sulfide) groups is 1.